The molecule has 0 saturated heterocycles. The van der Waals surface area contributed by atoms with Gasteiger partial charge in [-0.3, -0.25) is 10.1 Å². The summed E-state index contributed by atoms with van der Waals surface area (Å²) >= 11 is 1.63. The van der Waals surface area contributed by atoms with Crippen molar-refractivity contribution in [3.05, 3.63) is 41.9 Å². The highest BCUT2D eigenvalue weighted by Crippen LogP contribution is 2.41. The van der Waals surface area contributed by atoms with Gasteiger partial charge in [0.15, 0.2) is 0 Å². The summed E-state index contributed by atoms with van der Waals surface area (Å²) in [4.78, 5) is 0. The first-order chi connectivity index (χ1) is 8.13. The first-order valence-electron chi connectivity index (χ1n) is 5.38. The van der Waals surface area contributed by atoms with Gasteiger partial charge in [0.2, 0.25) is 0 Å². The topological polar surface area (TPSA) is 55.6 Å². The summed E-state index contributed by atoms with van der Waals surface area (Å²) in [5, 5.41) is 4.17. The van der Waals surface area contributed by atoms with E-state index in [2.05, 4.69) is 0 Å². The Morgan fingerprint density at radius 1 is 1.47 bits per heavy atom. The highest BCUT2D eigenvalue weighted by Gasteiger charge is 2.28. The van der Waals surface area contributed by atoms with Crippen LogP contribution < -0.4 is 10.8 Å². The second-order valence-electron chi connectivity index (χ2n) is 3.66. The van der Waals surface area contributed by atoms with Crippen LogP contribution in [0.4, 0.5) is 0 Å². The molecule has 0 radical (unpaired) electrons. The molecule has 2 unspecified atom stereocenters. The number of hydroxylamine groups is 2. The quantitative estimate of drug-likeness (QED) is 0.852. The Morgan fingerprint density at radius 2 is 2.18 bits per heavy atom. The van der Waals surface area contributed by atoms with Gasteiger partial charge in [-0.25, -0.2) is 5.06 Å². The van der Waals surface area contributed by atoms with E-state index in [9.17, 15) is 4.57 Å². The lowest BCUT2D eigenvalue weighted by atomic mass is 10.4. The van der Waals surface area contributed by atoms with E-state index in [-0.39, 0.29) is 5.37 Å². The van der Waals surface area contributed by atoms with Crippen LogP contribution in [0.5, 0.6) is 0 Å². The number of hydrogen-bond donors (Lipinski definition) is 1. The van der Waals surface area contributed by atoms with E-state index in [0.29, 0.717) is 5.30 Å². The molecule has 17 heavy (non-hydrogen) atoms. The largest absolute Gasteiger partial charge is 0.318 e. The number of nitrogens with zero attached hydrogens (tertiary/aromatic N) is 1. The second kappa shape index (κ2) is 5.27. The van der Waals surface area contributed by atoms with Crippen LogP contribution in [0.3, 0.4) is 0 Å². The molecule has 2 N–H and O–H groups in total. The van der Waals surface area contributed by atoms with Gasteiger partial charge in [0.25, 0.3) is 0 Å². The maximum absolute atomic E-state index is 12.3. The van der Waals surface area contributed by atoms with Gasteiger partial charge in [-0.2, -0.15) is 4.62 Å². The highest BCUT2D eigenvalue weighted by molar-refractivity contribution is 8.02. The molecule has 1 aliphatic rings. The van der Waals surface area contributed by atoms with Crippen molar-refractivity contribution in [3.63, 3.8) is 0 Å². The fourth-order valence-corrected chi connectivity index (χ4v) is 3.51. The summed E-state index contributed by atoms with van der Waals surface area (Å²) in [6, 6.07) is 8.88. The third-order valence-electron chi connectivity index (χ3n) is 2.41. The fraction of sp³-hybridized carbons (Fsp3) is 0.273. The van der Waals surface area contributed by atoms with Gasteiger partial charge >= 0.3 is 7.52 Å². The number of rotatable bonds is 4. The summed E-state index contributed by atoms with van der Waals surface area (Å²) < 4.78 is 17.8. The van der Waals surface area contributed by atoms with Gasteiger partial charge in [-0.1, -0.05) is 25.1 Å². The lowest BCUT2D eigenvalue weighted by Gasteiger charge is -2.25. The maximum atomic E-state index is 12.3. The fourth-order valence-electron chi connectivity index (χ4n) is 1.52. The van der Waals surface area contributed by atoms with E-state index in [1.54, 1.807) is 47.3 Å². The van der Waals surface area contributed by atoms with E-state index in [4.69, 9.17) is 10.1 Å². The molecule has 0 fully saturated rings. The van der Waals surface area contributed by atoms with Crippen molar-refractivity contribution in [2.45, 2.75) is 18.7 Å². The normalized spacial score (nSPS) is 22.7. The molecule has 2 atom stereocenters. The number of thioether (sulfide) groups is 1. The van der Waals surface area contributed by atoms with Crippen LogP contribution in [0, 0.1) is 0 Å². The molecule has 1 aromatic carbocycles. The lowest BCUT2D eigenvalue weighted by Crippen LogP contribution is -2.27. The van der Waals surface area contributed by atoms with E-state index >= 15 is 0 Å². The molecular weight excluding hydrogens is 255 g/mol. The van der Waals surface area contributed by atoms with Crippen LogP contribution in [-0.4, -0.2) is 10.4 Å². The molecule has 1 aromatic rings. The van der Waals surface area contributed by atoms with E-state index < -0.39 is 7.52 Å². The first-order valence-corrected chi connectivity index (χ1v) is 8.01. The molecule has 0 bridgehead atoms. The van der Waals surface area contributed by atoms with Crippen molar-refractivity contribution < 1.29 is 9.19 Å². The van der Waals surface area contributed by atoms with Crippen molar-refractivity contribution >= 4 is 24.6 Å². The minimum Gasteiger partial charge on any atom is -0.268 e. The molecule has 2 rings (SSSR count). The van der Waals surface area contributed by atoms with Crippen LogP contribution in [-0.2, 0) is 9.19 Å². The van der Waals surface area contributed by atoms with Crippen molar-refractivity contribution in [3.8, 4) is 0 Å². The average molecular weight is 270 g/mol. The zero-order valence-corrected chi connectivity index (χ0v) is 11.2. The van der Waals surface area contributed by atoms with Gasteiger partial charge in [-0.15, -0.1) is 11.8 Å². The first kappa shape index (κ1) is 12.7. The Balaban J connectivity index is 2.13. The monoisotopic (exact) mass is 270 g/mol. The van der Waals surface area contributed by atoms with Gasteiger partial charge in [0, 0.05) is 6.20 Å². The molecule has 1 heterocycles. The van der Waals surface area contributed by atoms with Crippen LogP contribution in [0.15, 0.2) is 41.9 Å². The molecule has 0 amide bonds. The minimum atomic E-state index is -3.28. The summed E-state index contributed by atoms with van der Waals surface area (Å²) in [6.45, 7) is 2.05. The molecule has 4 nitrogen and oxygen atoms in total. The van der Waals surface area contributed by atoms with Gasteiger partial charge < -0.3 is 0 Å². The number of nitrogens with two attached hydrogens (primary N) is 1. The van der Waals surface area contributed by atoms with Gasteiger partial charge in [-0.05, 0) is 24.0 Å². The predicted molar refractivity (Wildman–Crippen MR) is 71.6 cm³/mol. The summed E-state index contributed by atoms with van der Waals surface area (Å²) in [6.07, 6.45) is 2.66. The van der Waals surface area contributed by atoms with Crippen molar-refractivity contribution in [1.82, 2.24) is 5.06 Å². The molecule has 0 aromatic heterocycles. The van der Waals surface area contributed by atoms with Crippen LogP contribution in [0.1, 0.15) is 13.3 Å². The Hall–Kier alpha value is -0.740. The van der Waals surface area contributed by atoms with Gasteiger partial charge in [0.1, 0.15) is 5.37 Å². The zero-order valence-electron chi connectivity index (χ0n) is 9.52. The lowest BCUT2D eigenvalue weighted by molar-refractivity contribution is -0.0106. The van der Waals surface area contributed by atoms with Crippen LogP contribution in [0.2, 0.25) is 0 Å². The molecule has 6 heteroatoms. The van der Waals surface area contributed by atoms with E-state index in [0.717, 1.165) is 6.42 Å². The van der Waals surface area contributed by atoms with Crippen molar-refractivity contribution in [2.24, 2.45) is 5.50 Å². The smallest absolute Gasteiger partial charge is 0.268 e. The summed E-state index contributed by atoms with van der Waals surface area (Å²) in [7, 11) is -3.28. The third kappa shape index (κ3) is 2.93. The van der Waals surface area contributed by atoms with Crippen LogP contribution >= 0.6 is 19.3 Å². The average Bonchev–Trinajstić information content (AvgIpc) is 2.77. The Morgan fingerprint density at radius 3 is 2.82 bits per heavy atom. The SMILES string of the molecule is CCC1SC=CN1OP(N)(=O)c1ccccc1. The molecular formula is C11H15N2O2PS. The molecule has 0 saturated carbocycles. The van der Waals surface area contributed by atoms with E-state index in [1.165, 1.54) is 0 Å². The highest BCUT2D eigenvalue weighted by atomic mass is 32.2. The molecule has 0 aliphatic carbocycles. The Bertz CT molecular complexity index is 452. The Labute approximate surface area is 105 Å². The maximum Gasteiger partial charge on any atom is 0.318 e. The Kier molecular flexibility index (Phi) is 3.94. The van der Waals surface area contributed by atoms with Crippen molar-refractivity contribution in [2.75, 3.05) is 0 Å². The molecule has 0 spiro atoms. The van der Waals surface area contributed by atoms with Crippen LogP contribution in [0.25, 0.3) is 0 Å². The standard InChI is InChI=1S/C11H15N2O2PS/c1-2-11-13(8-9-17-11)15-16(12,14)10-6-4-3-5-7-10/h3-9,11H,2H2,1H3,(H2,12,14). The molecule has 92 valence electrons. The summed E-state index contributed by atoms with van der Waals surface area (Å²) in [5.74, 6) is 0. The van der Waals surface area contributed by atoms with Crippen molar-refractivity contribution in [1.29, 1.82) is 0 Å². The predicted octanol–water partition coefficient (Wildman–Crippen LogP) is 2.65. The zero-order chi connectivity index (χ0) is 12.3. The third-order valence-corrected chi connectivity index (χ3v) is 4.99. The molecule has 1 aliphatic heterocycles. The number of hydrogen-bond acceptors (Lipinski definition) is 4. The summed E-state index contributed by atoms with van der Waals surface area (Å²) in [5.41, 5.74) is 5.78. The minimum absolute atomic E-state index is 0.149. The number of benzene rings is 1. The second-order valence-corrected chi connectivity index (χ2v) is 6.62. The van der Waals surface area contributed by atoms with E-state index in [1.807, 2.05) is 18.4 Å². The van der Waals surface area contributed by atoms with Gasteiger partial charge in [0.05, 0.1) is 5.30 Å².